The van der Waals surface area contributed by atoms with Crippen LogP contribution in [0.3, 0.4) is 0 Å². The summed E-state index contributed by atoms with van der Waals surface area (Å²) in [4.78, 5) is 26.1. The fourth-order valence-corrected chi connectivity index (χ4v) is 4.56. The summed E-state index contributed by atoms with van der Waals surface area (Å²) in [7, 11) is 4.86. The lowest BCUT2D eigenvalue weighted by Crippen LogP contribution is -2.24. The molecule has 13 nitrogen and oxygen atoms in total. The molecule has 0 aromatic carbocycles. The molecule has 0 aliphatic heterocycles. The third-order valence-electron chi connectivity index (χ3n) is 6.22. The van der Waals surface area contributed by atoms with Crippen molar-refractivity contribution in [2.24, 2.45) is 14.1 Å². The molecular weight excluding hydrogens is 567 g/mol. The lowest BCUT2D eigenvalue weighted by atomic mass is 10.2. The molecule has 0 amide bonds. The number of rotatable bonds is 6. The number of nitrogens with zero attached hydrogens (tertiary/aromatic N) is 9. The highest BCUT2D eigenvalue weighted by molar-refractivity contribution is 6.36. The molecule has 0 atom stereocenters. The number of hydrogen-bond donors (Lipinski definition) is 2. The lowest BCUT2D eigenvalue weighted by Gasteiger charge is -2.14. The van der Waals surface area contributed by atoms with Gasteiger partial charge in [-0.15, -0.1) is 0 Å². The molecule has 0 saturated carbocycles. The summed E-state index contributed by atoms with van der Waals surface area (Å²) in [6.45, 7) is 0. The Bertz CT molecular complexity index is 2010. The van der Waals surface area contributed by atoms with E-state index in [1.807, 2.05) is 0 Å². The van der Waals surface area contributed by atoms with Crippen LogP contribution in [0.2, 0.25) is 5.02 Å². The van der Waals surface area contributed by atoms with Crippen molar-refractivity contribution in [3.8, 4) is 17.2 Å². The van der Waals surface area contributed by atoms with Gasteiger partial charge in [-0.1, -0.05) is 11.6 Å². The SMILES string of the molecule is CNc1nccn2ncc(Oc3cnc4nc(Nc5cc(C(F)(F)F)cn(-c6cnn(C)c6)c5=O)n(C)c4c3Cl)c12. The van der Waals surface area contributed by atoms with Crippen molar-refractivity contribution in [1.82, 2.24) is 43.5 Å². The van der Waals surface area contributed by atoms with Crippen LogP contribution in [-0.4, -0.2) is 50.5 Å². The molecule has 0 saturated heterocycles. The summed E-state index contributed by atoms with van der Waals surface area (Å²) in [6, 6.07) is 0.719. The van der Waals surface area contributed by atoms with Gasteiger partial charge in [-0.2, -0.15) is 28.4 Å². The second-order valence-electron chi connectivity index (χ2n) is 8.85. The third kappa shape index (κ3) is 4.47. The van der Waals surface area contributed by atoms with Gasteiger partial charge in [0.15, 0.2) is 28.5 Å². The van der Waals surface area contributed by atoms with Crippen LogP contribution in [0, 0.1) is 0 Å². The molecule has 0 unspecified atom stereocenters. The molecule has 6 aromatic rings. The Labute approximate surface area is 232 Å². The van der Waals surface area contributed by atoms with E-state index in [2.05, 4.69) is 35.8 Å². The Morgan fingerprint density at radius 2 is 1.83 bits per heavy atom. The van der Waals surface area contributed by atoms with Crippen molar-refractivity contribution >= 4 is 45.7 Å². The van der Waals surface area contributed by atoms with E-state index in [0.717, 1.165) is 16.8 Å². The molecule has 0 spiro atoms. The van der Waals surface area contributed by atoms with E-state index < -0.39 is 17.3 Å². The van der Waals surface area contributed by atoms with Crippen LogP contribution >= 0.6 is 11.6 Å². The first kappa shape index (κ1) is 26.1. The quantitative estimate of drug-likeness (QED) is 0.296. The second-order valence-corrected chi connectivity index (χ2v) is 9.22. The number of ether oxygens (including phenoxy) is 1. The number of anilines is 3. The van der Waals surface area contributed by atoms with Gasteiger partial charge in [-0.3, -0.25) is 14.0 Å². The minimum Gasteiger partial charge on any atom is -0.450 e. The number of hydrogen-bond acceptors (Lipinski definition) is 9. The van der Waals surface area contributed by atoms with Gasteiger partial charge in [0.1, 0.15) is 16.2 Å². The van der Waals surface area contributed by atoms with E-state index in [4.69, 9.17) is 16.3 Å². The molecule has 0 aliphatic rings. The number of alkyl halides is 3. The van der Waals surface area contributed by atoms with Crippen molar-refractivity contribution in [2.45, 2.75) is 6.18 Å². The maximum absolute atomic E-state index is 13.7. The summed E-state index contributed by atoms with van der Waals surface area (Å²) < 4.78 is 52.5. The topological polar surface area (TPSA) is 134 Å². The summed E-state index contributed by atoms with van der Waals surface area (Å²) in [5.41, 5.74) is -0.950. The molecule has 210 valence electrons. The van der Waals surface area contributed by atoms with Crippen LogP contribution in [0.5, 0.6) is 11.5 Å². The van der Waals surface area contributed by atoms with E-state index in [0.29, 0.717) is 22.6 Å². The average Bonchev–Trinajstić information content (AvgIpc) is 3.64. The molecule has 0 aliphatic carbocycles. The predicted molar refractivity (Wildman–Crippen MR) is 143 cm³/mol. The molecule has 2 N–H and O–H groups in total. The molecule has 41 heavy (non-hydrogen) atoms. The molecular formula is C24H19ClF3N11O2. The van der Waals surface area contributed by atoms with Gasteiger partial charge in [0.25, 0.3) is 5.56 Å². The third-order valence-corrected chi connectivity index (χ3v) is 6.59. The average molecular weight is 586 g/mol. The Morgan fingerprint density at radius 1 is 1.02 bits per heavy atom. The first-order valence-corrected chi connectivity index (χ1v) is 12.2. The highest BCUT2D eigenvalue weighted by Crippen LogP contribution is 2.38. The molecule has 6 rings (SSSR count). The molecule has 6 aromatic heterocycles. The van der Waals surface area contributed by atoms with Crippen molar-refractivity contribution in [2.75, 3.05) is 17.7 Å². The number of halogens is 4. The fraction of sp³-hybridized carbons (Fsp3) is 0.167. The van der Waals surface area contributed by atoms with Crippen molar-refractivity contribution < 1.29 is 17.9 Å². The minimum atomic E-state index is -4.72. The Morgan fingerprint density at radius 3 is 2.54 bits per heavy atom. The van der Waals surface area contributed by atoms with E-state index in [1.165, 1.54) is 34.0 Å². The zero-order valence-corrected chi connectivity index (χ0v) is 22.2. The zero-order chi connectivity index (χ0) is 29.1. The lowest BCUT2D eigenvalue weighted by molar-refractivity contribution is -0.137. The highest BCUT2D eigenvalue weighted by Gasteiger charge is 2.33. The Balaban J connectivity index is 1.41. The molecule has 0 fully saturated rings. The van der Waals surface area contributed by atoms with Crippen LogP contribution in [-0.2, 0) is 20.3 Å². The van der Waals surface area contributed by atoms with Gasteiger partial charge in [-0.25, -0.2) is 14.5 Å². The van der Waals surface area contributed by atoms with Gasteiger partial charge in [-0.05, 0) is 6.07 Å². The standard InChI is InChI=1S/C24H19ClF3N11O2/c1-29-20-18-16(9-33-39(18)5-4-30-20)41-15-8-31-21-19(17(15)25)37(3)23(35-21)34-14-6-12(24(26,27)28)10-38(22(14)40)13-7-32-36(2)11-13/h4-11H,1-3H3,(H,29,30)(H,31,34,35). The van der Waals surface area contributed by atoms with Crippen LogP contribution in [0.4, 0.5) is 30.6 Å². The van der Waals surface area contributed by atoms with Gasteiger partial charge in [0.05, 0.1) is 29.8 Å². The Kier molecular flexibility index (Phi) is 6.06. The highest BCUT2D eigenvalue weighted by atomic mass is 35.5. The minimum absolute atomic E-state index is 0.0263. The second kappa shape index (κ2) is 9.51. The van der Waals surface area contributed by atoms with Gasteiger partial charge in [0.2, 0.25) is 5.95 Å². The molecule has 0 radical (unpaired) electrons. The number of pyridine rings is 2. The van der Waals surface area contributed by atoms with E-state index in [-0.39, 0.29) is 33.7 Å². The van der Waals surface area contributed by atoms with Crippen LogP contribution in [0.1, 0.15) is 5.56 Å². The molecule has 17 heteroatoms. The van der Waals surface area contributed by atoms with E-state index in [9.17, 15) is 18.0 Å². The number of fused-ring (bicyclic) bond motifs is 2. The van der Waals surface area contributed by atoms with Gasteiger partial charge in [0, 0.05) is 45.9 Å². The Hall–Kier alpha value is -5.12. The van der Waals surface area contributed by atoms with Crippen molar-refractivity contribution in [1.29, 1.82) is 0 Å². The maximum atomic E-state index is 13.7. The predicted octanol–water partition coefficient (Wildman–Crippen LogP) is 4.15. The summed E-state index contributed by atoms with van der Waals surface area (Å²) in [6.07, 6.45) is 4.79. The number of aryl methyl sites for hydroxylation is 2. The smallest absolute Gasteiger partial charge is 0.417 e. The summed E-state index contributed by atoms with van der Waals surface area (Å²) >= 11 is 6.69. The van der Waals surface area contributed by atoms with Crippen molar-refractivity contribution in [3.63, 3.8) is 0 Å². The number of nitrogens with one attached hydrogen (secondary N) is 2. The maximum Gasteiger partial charge on any atom is 0.417 e. The van der Waals surface area contributed by atoms with Gasteiger partial charge >= 0.3 is 6.18 Å². The van der Waals surface area contributed by atoms with Crippen LogP contribution in [0.25, 0.3) is 22.4 Å². The van der Waals surface area contributed by atoms with E-state index in [1.54, 1.807) is 38.1 Å². The van der Waals surface area contributed by atoms with Crippen LogP contribution in [0.15, 0.2) is 54.2 Å². The first-order chi connectivity index (χ1) is 19.5. The summed E-state index contributed by atoms with van der Waals surface area (Å²) in [5, 5.41) is 14.0. The monoisotopic (exact) mass is 585 g/mol. The summed E-state index contributed by atoms with van der Waals surface area (Å²) in [5.74, 6) is 1.08. The zero-order valence-electron chi connectivity index (χ0n) is 21.5. The van der Waals surface area contributed by atoms with E-state index >= 15 is 0 Å². The first-order valence-electron chi connectivity index (χ1n) is 11.8. The molecule has 6 heterocycles. The van der Waals surface area contributed by atoms with Gasteiger partial charge < -0.3 is 19.9 Å². The molecule has 0 bridgehead atoms. The number of imidazole rings is 1. The van der Waals surface area contributed by atoms with Crippen molar-refractivity contribution in [3.05, 3.63) is 70.4 Å². The van der Waals surface area contributed by atoms with Crippen LogP contribution < -0.4 is 20.9 Å². The number of aromatic nitrogens is 9. The normalized spacial score (nSPS) is 11.9. The fourth-order valence-electron chi connectivity index (χ4n) is 4.26. The largest absolute Gasteiger partial charge is 0.450 e.